The van der Waals surface area contributed by atoms with E-state index < -0.39 is 18.2 Å². The molecule has 3 rings (SSSR count). The molecule has 32 heavy (non-hydrogen) atoms. The van der Waals surface area contributed by atoms with Gasteiger partial charge in [0.25, 0.3) is 0 Å². The first kappa shape index (κ1) is 23.3. The van der Waals surface area contributed by atoms with Crippen molar-refractivity contribution < 1.29 is 24.0 Å². The molecule has 0 saturated heterocycles. The van der Waals surface area contributed by atoms with Gasteiger partial charge >= 0.3 is 12.1 Å². The summed E-state index contributed by atoms with van der Waals surface area (Å²) in [5.41, 5.74) is 3.46. The number of aliphatic carboxylic acids is 1. The highest BCUT2D eigenvalue weighted by molar-refractivity contribution is 6.31. The zero-order chi connectivity index (χ0) is 23.1. The van der Waals surface area contributed by atoms with Crippen LogP contribution >= 0.6 is 11.6 Å². The number of halogens is 1. The Labute approximate surface area is 191 Å². The molecule has 2 unspecified atom stereocenters. The summed E-state index contributed by atoms with van der Waals surface area (Å²) in [4.78, 5) is 23.3. The lowest BCUT2D eigenvalue weighted by atomic mass is 10.00. The van der Waals surface area contributed by atoms with Gasteiger partial charge in [-0.1, -0.05) is 66.1 Å². The van der Waals surface area contributed by atoms with Gasteiger partial charge in [0.15, 0.2) is 0 Å². The summed E-state index contributed by atoms with van der Waals surface area (Å²) in [6.45, 7) is 3.45. The predicted octanol–water partition coefficient (Wildman–Crippen LogP) is 6.35. The summed E-state index contributed by atoms with van der Waals surface area (Å²) >= 11 is 6.16. The lowest BCUT2D eigenvalue weighted by Crippen LogP contribution is -2.16. The number of rotatable bonds is 9. The van der Waals surface area contributed by atoms with E-state index in [1.807, 2.05) is 36.4 Å². The lowest BCUT2D eigenvalue weighted by molar-refractivity contribution is -0.141. The number of carboxylic acids is 1. The topological polar surface area (TPSA) is 102 Å². The fraction of sp³-hybridized carbons (Fsp3) is 0.292. The van der Waals surface area contributed by atoms with Crippen LogP contribution in [-0.2, 0) is 16.0 Å². The number of carbonyl (C=O) groups excluding carboxylic acids is 1. The fourth-order valence-electron chi connectivity index (χ4n) is 3.27. The van der Waals surface area contributed by atoms with Gasteiger partial charge in [0.2, 0.25) is 0 Å². The van der Waals surface area contributed by atoms with Gasteiger partial charge in [0, 0.05) is 16.1 Å². The first-order valence-electron chi connectivity index (χ1n) is 10.3. The van der Waals surface area contributed by atoms with Crippen molar-refractivity contribution in [1.29, 1.82) is 0 Å². The Morgan fingerprint density at radius 2 is 1.88 bits per heavy atom. The Balaban J connectivity index is 1.59. The van der Waals surface area contributed by atoms with E-state index in [1.54, 1.807) is 26.0 Å². The minimum atomic E-state index is -0.772. The second kappa shape index (κ2) is 10.8. The highest BCUT2D eigenvalue weighted by Gasteiger charge is 2.18. The molecule has 1 aromatic heterocycles. The van der Waals surface area contributed by atoms with Crippen molar-refractivity contribution in [2.75, 3.05) is 5.32 Å². The van der Waals surface area contributed by atoms with Crippen LogP contribution in [0.3, 0.4) is 0 Å². The third kappa shape index (κ3) is 6.11. The van der Waals surface area contributed by atoms with Gasteiger partial charge in [-0.2, -0.15) is 0 Å². The Hall–Kier alpha value is -3.32. The molecule has 1 amide bonds. The molecule has 0 aliphatic heterocycles. The van der Waals surface area contributed by atoms with E-state index in [4.69, 9.17) is 26.0 Å². The number of amides is 1. The van der Waals surface area contributed by atoms with Gasteiger partial charge in [-0.05, 0) is 37.8 Å². The molecule has 0 bridgehead atoms. The van der Waals surface area contributed by atoms with Gasteiger partial charge in [0.05, 0.1) is 5.92 Å². The van der Waals surface area contributed by atoms with Crippen molar-refractivity contribution in [2.24, 2.45) is 5.92 Å². The number of nitrogens with zero attached hydrogens (tertiary/aromatic N) is 1. The van der Waals surface area contributed by atoms with Crippen LogP contribution in [0.2, 0.25) is 5.02 Å². The SMILES string of the molecule is CC(CCCc1ccc(-c2nocc2NC(=O)OC(C)c2ccccc2Cl)cc1)C(=O)O. The van der Waals surface area contributed by atoms with Gasteiger partial charge in [-0.25, -0.2) is 4.79 Å². The first-order valence-corrected chi connectivity index (χ1v) is 10.7. The van der Waals surface area contributed by atoms with Crippen molar-refractivity contribution in [1.82, 2.24) is 5.16 Å². The average Bonchev–Trinajstić information content (AvgIpc) is 3.22. The smallest absolute Gasteiger partial charge is 0.412 e. The van der Waals surface area contributed by atoms with E-state index in [0.717, 1.165) is 24.0 Å². The zero-order valence-corrected chi connectivity index (χ0v) is 18.6. The van der Waals surface area contributed by atoms with Gasteiger partial charge in [-0.15, -0.1) is 0 Å². The summed E-state index contributed by atoms with van der Waals surface area (Å²) in [7, 11) is 0. The molecule has 0 aliphatic rings. The van der Waals surface area contributed by atoms with Gasteiger partial charge < -0.3 is 14.4 Å². The van der Waals surface area contributed by atoms with Gasteiger partial charge in [-0.3, -0.25) is 10.1 Å². The normalized spacial score (nSPS) is 12.7. The number of anilines is 1. The van der Waals surface area contributed by atoms with E-state index >= 15 is 0 Å². The molecule has 2 N–H and O–H groups in total. The number of aryl methyl sites for hydroxylation is 1. The van der Waals surface area contributed by atoms with Crippen LogP contribution in [0.4, 0.5) is 10.5 Å². The number of ether oxygens (including phenoxy) is 1. The molecule has 7 nitrogen and oxygen atoms in total. The molecular weight excluding hydrogens is 432 g/mol. The molecule has 0 spiro atoms. The van der Waals surface area contributed by atoms with Crippen LogP contribution in [-0.4, -0.2) is 22.3 Å². The van der Waals surface area contributed by atoms with E-state index in [1.165, 1.54) is 6.26 Å². The summed E-state index contributed by atoms with van der Waals surface area (Å²) in [6, 6.07) is 14.9. The minimum Gasteiger partial charge on any atom is -0.481 e. The molecule has 168 valence electrons. The van der Waals surface area contributed by atoms with Crippen molar-refractivity contribution in [3.63, 3.8) is 0 Å². The molecule has 2 aromatic carbocycles. The predicted molar refractivity (Wildman–Crippen MR) is 122 cm³/mol. The summed E-state index contributed by atoms with van der Waals surface area (Å²) < 4.78 is 10.5. The molecule has 0 aliphatic carbocycles. The second-order valence-corrected chi connectivity index (χ2v) is 8.01. The summed E-state index contributed by atoms with van der Waals surface area (Å²) in [6.07, 6.45) is 2.37. The third-order valence-electron chi connectivity index (χ3n) is 5.18. The number of aromatic nitrogens is 1. The number of nitrogens with one attached hydrogen (secondary N) is 1. The molecule has 8 heteroatoms. The Morgan fingerprint density at radius 3 is 2.56 bits per heavy atom. The number of carbonyl (C=O) groups is 2. The van der Waals surface area contributed by atoms with Crippen molar-refractivity contribution in [3.05, 3.63) is 70.9 Å². The molecule has 0 fully saturated rings. The van der Waals surface area contributed by atoms with Crippen LogP contribution in [0, 0.1) is 5.92 Å². The maximum Gasteiger partial charge on any atom is 0.412 e. The Kier molecular flexibility index (Phi) is 7.89. The monoisotopic (exact) mass is 456 g/mol. The first-order chi connectivity index (χ1) is 15.3. The number of benzene rings is 2. The van der Waals surface area contributed by atoms with Crippen LogP contribution in [0.5, 0.6) is 0 Å². The molecule has 0 saturated carbocycles. The zero-order valence-electron chi connectivity index (χ0n) is 17.9. The largest absolute Gasteiger partial charge is 0.481 e. The maximum absolute atomic E-state index is 12.4. The third-order valence-corrected chi connectivity index (χ3v) is 5.53. The summed E-state index contributed by atoms with van der Waals surface area (Å²) in [5.74, 6) is -1.12. The maximum atomic E-state index is 12.4. The van der Waals surface area contributed by atoms with E-state index in [9.17, 15) is 9.59 Å². The number of hydrogen-bond acceptors (Lipinski definition) is 5. The standard InChI is InChI=1S/C24H25ClN2O5/c1-15(23(28)29)6-5-7-17-10-12-18(13-11-17)22-21(14-31-27-22)26-24(30)32-16(2)19-8-3-4-9-20(19)25/h3-4,8-16H,5-7H2,1-2H3,(H,26,30)(H,28,29). The van der Waals surface area contributed by atoms with E-state index in [-0.39, 0.29) is 5.92 Å². The van der Waals surface area contributed by atoms with Crippen LogP contribution < -0.4 is 5.32 Å². The lowest BCUT2D eigenvalue weighted by Gasteiger charge is -2.15. The van der Waals surface area contributed by atoms with Crippen molar-refractivity contribution in [3.8, 4) is 11.3 Å². The van der Waals surface area contributed by atoms with E-state index in [0.29, 0.717) is 28.4 Å². The molecule has 1 heterocycles. The fourth-order valence-corrected chi connectivity index (χ4v) is 3.56. The van der Waals surface area contributed by atoms with Crippen molar-refractivity contribution in [2.45, 2.75) is 39.2 Å². The Bertz CT molecular complexity index is 1060. The van der Waals surface area contributed by atoms with Crippen molar-refractivity contribution >= 4 is 29.4 Å². The van der Waals surface area contributed by atoms with Crippen LogP contribution in [0.15, 0.2) is 59.3 Å². The highest BCUT2D eigenvalue weighted by Crippen LogP contribution is 2.29. The number of hydrogen-bond donors (Lipinski definition) is 2. The van der Waals surface area contributed by atoms with Crippen LogP contribution in [0.25, 0.3) is 11.3 Å². The van der Waals surface area contributed by atoms with E-state index in [2.05, 4.69) is 10.5 Å². The van der Waals surface area contributed by atoms with Gasteiger partial charge in [0.1, 0.15) is 23.7 Å². The molecule has 0 radical (unpaired) electrons. The van der Waals surface area contributed by atoms with Crippen LogP contribution in [0.1, 0.15) is 43.9 Å². The molecule has 2 atom stereocenters. The minimum absolute atomic E-state index is 0.349. The highest BCUT2D eigenvalue weighted by atomic mass is 35.5. The number of carboxylic acid groups (broad SMARTS) is 1. The molecular formula is C24H25ClN2O5. The Morgan fingerprint density at radius 1 is 1.16 bits per heavy atom. The molecule has 3 aromatic rings. The second-order valence-electron chi connectivity index (χ2n) is 7.60. The summed E-state index contributed by atoms with van der Waals surface area (Å²) in [5, 5.41) is 16.2. The quantitative estimate of drug-likeness (QED) is 0.389. The average molecular weight is 457 g/mol.